The lowest BCUT2D eigenvalue weighted by atomic mass is 10.1. The van der Waals surface area contributed by atoms with Crippen LogP contribution < -0.4 is 11.3 Å². The molecule has 0 aliphatic carbocycles. The summed E-state index contributed by atoms with van der Waals surface area (Å²) in [5.74, 6) is 7.07. The van der Waals surface area contributed by atoms with Crippen molar-refractivity contribution in [2.24, 2.45) is 5.10 Å². The van der Waals surface area contributed by atoms with Gasteiger partial charge in [-0.3, -0.25) is 0 Å². The maximum Gasteiger partial charge on any atom is 0.263 e. The highest BCUT2D eigenvalue weighted by atomic mass is 35.5. The lowest BCUT2D eigenvalue weighted by Crippen LogP contribution is -2.13. The smallest absolute Gasteiger partial charge is 0.263 e. The molecule has 0 saturated heterocycles. The van der Waals surface area contributed by atoms with Crippen LogP contribution in [0.1, 0.15) is 11.6 Å². The van der Waals surface area contributed by atoms with E-state index in [1.165, 1.54) is 17.0 Å². The van der Waals surface area contributed by atoms with E-state index in [1.807, 2.05) is 0 Å². The average molecular weight is 373 g/mol. The SMILES string of the molecule is Cc1nnc(N/N=C\c2ccc(-c3ccccc3F)o2)n1N.Cl.Cl. The van der Waals surface area contributed by atoms with Crippen LogP contribution in [0.25, 0.3) is 11.3 Å². The van der Waals surface area contributed by atoms with Crippen molar-refractivity contribution in [3.8, 4) is 11.3 Å². The first-order valence-electron chi connectivity index (χ1n) is 6.46. The summed E-state index contributed by atoms with van der Waals surface area (Å²) >= 11 is 0. The van der Waals surface area contributed by atoms with Crippen LogP contribution in [0.4, 0.5) is 10.3 Å². The van der Waals surface area contributed by atoms with Crippen molar-refractivity contribution in [1.29, 1.82) is 0 Å². The molecule has 0 atom stereocenters. The first kappa shape index (κ1) is 19.5. The first-order chi connectivity index (χ1) is 10.6. The monoisotopic (exact) mass is 372 g/mol. The maximum absolute atomic E-state index is 13.7. The molecular formula is C14H15Cl2FN6O. The molecule has 1 aromatic carbocycles. The number of hydrogen-bond acceptors (Lipinski definition) is 6. The number of furan rings is 1. The van der Waals surface area contributed by atoms with Gasteiger partial charge in [-0.05, 0) is 31.2 Å². The second kappa shape index (κ2) is 8.32. The highest BCUT2D eigenvalue weighted by Gasteiger charge is 2.08. The van der Waals surface area contributed by atoms with Gasteiger partial charge in [-0.25, -0.2) is 14.5 Å². The van der Waals surface area contributed by atoms with Crippen molar-refractivity contribution in [3.05, 3.63) is 53.8 Å². The second-order valence-electron chi connectivity index (χ2n) is 4.49. The Morgan fingerprint density at radius 2 is 1.96 bits per heavy atom. The largest absolute Gasteiger partial charge is 0.455 e. The van der Waals surface area contributed by atoms with E-state index in [0.717, 1.165) is 0 Å². The number of aryl methyl sites for hydroxylation is 1. The second-order valence-corrected chi connectivity index (χ2v) is 4.49. The number of nitrogen functional groups attached to an aromatic ring is 1. The van der Waals surface area contributed by atoms with Crippen LogP contribution in [0.15, 0.2) is 45.9 Å². The normalized spacial score (nSPS) is 10.2. The lowest BCUT2D eigenvalue weighted by Gasteiger charge is -1.99. The van der Waals surface area contributed by atoms with Gasteiger partial charge in [-0.15, -0.1) is 35.0 Å². The lowest BCUT2D eigenvalue weighted by molar-refractivity contribution is 0.563. The molecule has 7 nitrogen and oxygen atoms in total. The highest BCUT2D eigenvalue weighted by molar-refractivity contribution is 5.85. The standard InChI is InChI=1S/C14H13FN6O.2ClH/c1-9-18-20-14(21(9)16)19-17-8-10-6-7-13(22-10)11-4-2-3-5-12(11)15;;/h2-8H,16H2,1H3,(H,19,20);2*1H/b17-8-;;. The molecule has 128 valence electrons. The molecule has 2 aromatic heterocycles. The summed E-state index contributed by atoms with van der Waals surface area (Å²) in [5, 5.41) is 11.5. The Morgan fingerprint density at radius 3 is 2.62 bits per heavy atom. The molecule has 0 fully saturated rings. The summed E-state index contributed by atoms with van der Waals surface area (Å²) in [6, 6.07) is 9.75. The Balaban J connectivity index is 0.00000144. The molecular weight excluding hydrogens is 358 g/mol. The third kappa shape index (κ3) is 4.03. The van der Waals surface area contributed by atoms with Crippen LogP contribution >= 0.6 is 24.8 Å². The summed E-state index contributed by atoms with van der Waals surface area (Å²) in [6.45, 7) is 1.72. The summed E-state index contributed by atoms with van der Waals surface area (Å²) < 4.78 is 20.5. The topological polar surface area (TPSA) is 94.3 Å². The zero-order chi connectivity index (χ0) is 15.5. The van der Waals surface area contributed by atoms with E-state index < -0.39 is 0 Å². The molecule has 3 rings (SSSR count). The van der Waals surface area contributed by atoms with Crippen molar-refractivity contribution < 1.29 is 8.81 Å². The van der Waals surface area contributed by atoms with E-state index in [1.54, 1.807) is 37.3 Å². The summed E-state index contributed by atoms with van der Waals surface area (Å²) in [7, 11) is 0. The van der Waals surface area contributed by atoms with Crippen LogP contribution in [-0.4, -0.2) is 21.1 Å². The van der Waals surface area contributed by atoms with Crippen molar-refractivity contribution in [2.75, 3.05) is 11.3 Å². The Hall–Kier alpha value is -2.58. The van der Waals surface area contributed by atoms with E-state index in [-0.39, 0.29) is 30.6 Å². The molecule has 0 saturated carbocycles. The van der Waals surface area contributed by atoms with Gasteiger partial charge >= 0.3 is 0 Å². The molecule has 3 N–H and O–H groups in total. The molecule has 0 unspecified atom stereocenters. The summed E-state index contributed by atoms with van der Waals surface area (Å²) in [4.78, 5) is 0. The number of aromatic nitrogens is 3. The fourth-order valence-corrected chi connectivity index (χ4v) is 1.83. The zero-order valence-corrected chi connectivity index (χ0v) is 14.1. The van der Waals surface area contributed by atoms with Gasteiger partial charge < -0.3 is 10.3 Å². The van der Waals surface area contributed by atoms with Gasteiger partial charge in [0.05, 0.1) is 11.8 Å². The van der Waals surface area contributed by atoms with Crippen molar-refractivity contribution in [1.82, 2.24) is 14.9 Å². The average Bonchev–Trinajstić information content (AvgIpc) is 3.10. The van der Waals surface area contributed by atoms with Crippen LogP contribution in [-0.2, 0) is 0 Å². The number of nitrogens with two attached hydrogens (primary N) is 1. The van der Waals surface area contributed by atoms with Gasteiger partial charge in [0, 0.05) is 0 Å². The van der Waals surface area contributed by atoms with Crippen molar-refractivity contribution >= 4 is 37.0 Å². The minimum Gasteiger partial charge on any atom is -0.455 e. The fraction of sp³-hybridized carbons (Fsp3) is 0.0714. The molecule has 0 radical (unpaired) electrons. The molecule has 0 aliphatic rings. The Kier molecular flexibility index (Phi) is 6.75. The van der Waals surface area contributed by atoms with E-state index in [9.17, 15) is 4.39 Å². The van der Waals surface area contributed by atoms with Gasteiger partial charge in [0.15, 0.2) is 5.82 Å². The Labute approximate surface area is 149 Å². The molecule has 24 heavy (non-hydrogen) atoms. The molecule has 0 spiro atoms. The summed E-state index contributed by atoms with van der Waals surface area (Å²) in [5.41, 5.74) is 3.04. The minimum absolute atomic E-state index is 0. The van der Waals surface area contributed by atoms with Crippen LogP contribution in [0.3, 0.4) is 0 Å². The van der Waals surface area contributed by atoms with Crippen molar-refractivity contribution in [2.45, 2.75) is 6.92 Å². The molecule has 3 aromatic rings. The predicted octanol–water partition coefficient (Wildman–Crippen LogP) is 2.99. The predicted molar refractivity (Wildman–Crippen MR) is 94.7 cm³/mol. The number of halogens is 3. The molecule has 2 heterocycles. The number of nitrogens with zero attached hydrogens (tertiary/aromatic N) is 4. The molecule has 0 bridgehead atoms. The molecule has 10 heteroatoms. The van der Waals surface area contributed by atoms with E-state index in [4.69, 9.17) is 10.3 Å². The van der Waals surface area contributed by atoms with Crippen LogP contribution in [0.5, 0.6) is 0 Å². The number of rotatable bonds is 4. The zero-order valence-electron chi connectivity index (χ0n) is 12.5. The highest BCUT2D eigenvalue weighted by Crippen LogP contribution is 2.24. The number of hydrogen-bond donors (Lipinski definition) is 2. The summed E-state index contributed by atoms with van der Waals surface area (Å²) in [6.07, 6.45) is 1.44. The van der Waals surface area contributed by atoms with Crippen LogP contribution in [0.2, 0.25) is 0 Å². The third-order valence-corrected chi connectivity index (χ3v) is 2.99. The minimum atomic E-state index is -0.342. The fourth-order valence-electron chi connectivity index (χ4n) is 1.83. The van der Waals surface area contributed by atoms with Gasteiger partial charge in [0.25, 0.3) is 5.95 Å². The quantitative estimate of drug-likeness (QED) is 0.417. The van der Waals surface area contributed by atoms with Gasteiger partial charge in [-0.1, -0.05) is 12.1 Å². The van der Waals surface area contributed by atoms with Crippen molar-refractivity contribution in [3.63, 3.8) is 0 Å². The van der Waals surface area contributed by atoms with Gasteiger partial charge in [-0.2, -0.15) is 5.10 Å². The van der Waals surface area contributed by atoms with E-state index in [0.29, 0.717) is 28.9 Å². The van der Waals surface area contributed by atoms with Gasteiger partial charge in [0.1, 0.15) is 17.3 Å². The van der Waals surface area contributed by atoms with Crippen LogP contribution in [0, 0.1) is 12.7 Å². The van der Waals surface area contributed by atoms with E-state index >= 15 is 0 Å². The Morgan fingerprint density at radius 1 is 1.21 bits per heavy atom. The Bertz CT molecular complexity index is 832. The first-order valence-corrected chi connectivity index (χ1v) is 6.46. The number of benzene rings is 1. The van der Waals surface area contributed by atoms with Gasteiger partial charge in [0.2, 0.25) is 0 Å². The molecule has 0 amide bonds. The number of anilines is 1. The van der Waals surface area contributed by atoms with E-state index in [2.05, 4.69) is 20.7 Å². The third-order valence-electron chi connectivity index (χ3n) is 2.99. The number of nitrogens with one attached hydrogen (secondary N) is 1. The molecule has 0 aliphatic heterocycles. The number of hydrazone groups is 1. The maximum atomic E-state index is 13.7.